The van der Waals surface area contributed by atoms with Gasteiger partial charge in [0.2, 0.25) is 0 Å². The summed E-state index contributed by atoms with van der Waals surface area (Å²) in [5.74, 6) is 0.495. The molecule has 0 unspecified atom stereocenters. The fourth-order valence-electron chi connectivity index (χ4n) is 2.37. The number of allylic oxidation sites excluding steroid dienone is 2. The van der Waals surface area contributed by atoms with Crippen molar-refractivity contribution in [1.29, 1.82) is 0 Å². The van der Waals surface area contributed by atoms with E-state index in [4.69, 9.17) is 0 Å². The van der Waals surface area contributed by atoms with Gasteiger partial charge in [-0.15, -0.1) is 0 Å². The number of nitrogens with one attached hydrogen (secondary N) is 1. The van der Waals surface area contributed by atoms with E-state index in [9.17, 15) is 4.39 Å². The second-order valence-corrected chi connectivity index (χ2v) is 4.70. The highest BCUT2D eigenvalue weighted by atomic mass is 19.1. The minimum Gasteiger partial charge on any atom is -0.346 e. The van der Waals surface area contributed by atoms with Crippen LogP contribution in [0.15, 0.2) is 59.8 Å². The Bertz CT molecular complexity index is 810. The fourth-order valence-corrected chi connectivity index (χ4v) is 2.37. The van der Waals surface area contributed by atoms with Crippen LogP contribution in [0.1, 0.15) is 5.56 Å². The van der Waals surface area contributed by atoms with Crippen LogP contribution >= 0.6 is 0 Å². The fraction of sp³-hybridized carbons (Fsp3) is 0.0667. The Labute approximate surface area is 114 Å². The maximum absolute atomic E-state index is 13.2. The summed E-state index contributed by atoms with van der Waals surface area (Å²) in [5.41, 5.74) is 2.70. The van der Waals surface area contributed by atoms with Crippen LogP contribution in [0.2, 0.25) is 0 Å². The molecule has 2 aromatic rings. The molecule has 4 heterocycles. The average molecular weight is 266 g/mol. The number of amidine groups is 1. The molecule has 0 fully saturated rings. The third kappa shape index (κ3) is 1.75. The molecule has 2 aromatic heterocycles. The van der Waals surface area contributed by atoms with Gasteiger partial charge in [-0.3, -0.25) is 0 Å². The summed E-state index contributed by atoms with van der Waals surface area (Å²) in [7, 11) is 0. The first-order valence-electron chi connectivity index (χ1n) is 6.34. The third-order valence-electron chi connectivity index (χ3n) is 3.38. The van der Waals surface area contributed by atoms with Gasteiger partial charge >= 0.3 is 0 Å². The van der Waals surface area contributed by atoms with Crippen molar-refractivity contribution in [2.75, 3.05) is 6.54 Å². The maximum Gasteiger partial charge on any atom is 0.139 e. The van der Waals surface area contributed by atoms with Crippen LogP contribution in [0.4, 0.5) is 4.39 Å². The molecule has 0 saturated heterocycles. The van der Waals surface area contributed by atoms with Crippen LogP contribution < -0.4 is 0 Å². The van der Waals surface area contributed by atoms with E-state index in [0.29, 0.717) is 6.54 Å². The van der Waals surface area contributed by atoms with Crippen LogP contribution in [0.25, 0.3) is 16.7 Å². The van der Waals surface area contributed by atoms with Crippen LogP contribution in [-0.4, -0.2) is 27.2 Å². The first-order chi connectivity index (χ1) is 9.79. The van der Waals surface area contributed by atoms with Crippen LogP contribution in [0, 0.1) is 0 Å². The Hall–Kier alpha value is -2.69. The van der Waals surface area contributed by atoms with E-state index >= 15 is 0 Å². The van der Waals surface area contributed by atoms with E-state index in [-0.39, 0.29) is 5.83 Å². The summed E-state index contributed by atoms with van der Waals surface area (Å²) in [4.78, 5) is 13.8. The van der Waals surface area contributed by atoms with E-state index in [1.807, 2.05) is 24.4 Å². The number of hydrogen-bond donors (Lipinski definition) is 1. The molecule has 4 rings (SSSR count). The molecule has 2 aliphatic rings. The molecule has 0 bridgehead atoms. The number of aliphatic imine (C=N–C) groups is 1. The van der Waals surface area contributed by atoms with Gasteiger partial charge in [0.05, 0.1) is 5.70 Å². The normalized spacial score (nSPS) is 17.6. The van der Waals surface area contributed by atoms with E-state index in [1.54, 1.807) is 17.2 Å². The molecule has 5 heteroatoms. The van der Waals surface area contributed by atoms with Gasteiger partial charge < -0.3 is 9.88 Å². The summed E-state index contributed by atoms with van der Waals surface area (Å²) in [6, 6.07) is 4.03. The van der Waals surface area contributed by atoms with Crippen molar-refractivity contribution in [1.82, 2.24) is 14.9 Å². The molecule has 0 aliphatic carbocycles. The smallest absolute Gasteiger partial charge is 0.139 e. The van der Waals surface area contributed by atoms with Crippen molar-refractivity contribution in [2.45, 2.75) is 0 Å². The van der Waals surface area contributed by atoms with Crippen molar-refractivity contribution in [3.05, 3.63) is 60.3 Å². The predicted molar refractivity (Wildman–Crippen MR) is 76.5 cm³/mol. The number of halogens is 1. The molecule has 2 aliphatic heterocycles. The largest absolute Gasteiger partial charge is 0.346 e. The zero-order chi connectivity index (χ0) is 13.5. The van der Waals surface area contributed by atoms with Gasteiger partial charge in [-0.25, -0.2) is 14.4 Å². The lowest BCUT2D eigenvalue weighted by Crippen LogP contribution is -2.29. The van der Waals surface area contributed by atoms with Crippen molar-refractivity contribution in [3.8, 4) is 0 Å². The number of aromatic nitrogens is 2. The van der Waals surface area contributed by atoms with Gasteiger partial charge in [0, 0.05) is 36.1 Å². The highest BCUT2D eigenvalue weighted by Crippen LogP contribution is 2.24. The quantitative estimate of drug-likeness (QED) is 0.862. The SMILES string of the molecule is FC1=CN2CC=C(c3cnc4[nH]ccc4c3)N=C2C=C1. The standard InChI is InChI=1S/C15H11FN4/c16-12-1-2-14-19-13(4-6-20(14)9-12)11-7-10-3-5-17-15(10)18-8-11/h1-5,7-9H,6H2,(H,17,18). The number of aromatic amines is 1. The van der Waals surface area contributed by atoms with E-state index in [0.717, 1.165) is 28.1 Å². The highest BCUT2D eigenvalue weighted by molar-refractivity contribution is 6.00. The second kappa shape index (κ2) is 4.16. The van der Waals surface area contributed by atoms with Crippen molar-refractivity contribution in [2.24, 2.45) is 4.99 Å². The number of hydrogen-bond acceptors (Lipinski definition) is 3. The topological polar surface area (TPSA) is 44.3 Å². The Kier molecular flexibility index (Phi) is 2.32. The molecule has 0 radical (unpaired) electrons. The molecule has 0 amide bonds. The average Bonchev–Trinajstić information content (AvgIpc) is 2.94. The second-order valence-electron chi connectivity index (χ2n) is 4.70. The number of rotatable bonds is 1. The minimum absolute atomic E-state index is 0.254. The zero-order valence-electron chi connectivity index (χ0n) is 10.5. The lowest BCUT2D eigenvalue weighted by atomic mass is 10.1. The first-order valence-corrected chi connectivity index (χ1v) is 6.34. The summed E-state index contributed by atoms with van der Waals surface area (Å²) < 4.78 is 13.2. The monoisotopic (exact) mass is 266 g/mol. The van der Waals surface area contributed by atoms with Gasteiger partial charge in [-0.2, -0.15) is 0 Å². The molecule has 0 aromatic carbocycles. The lowest BCUT2D eigenvalue weighted by Gasteiger charge is -2.25. The molecule has 0 spiro atoms. The zero-order valence-corrected chi connectivity index (χ0v) is 10.5. The molecule has 1 N–H and O–H groups in total. The number of fused-ring (bicyclic) bond motifs is 2. The Balaban J connectivity index is 1.73. The lowest BCUT2D eigenvalue weighted by molar-refractivity contribution is 0.562. The van der Waals surface area contributed by atoms with Crippen LogP contribution in [-0.2, 0) is 0 Å². The van der Waals surface area contributed by atoms with E-state index in [1.165, 1.54) is 12.3 Å². The van der Waals surface area contributed by atoms with Gasteiger partial charge in [0.15, 0.2) is 0 Å². The Morgan fingerprint density at radius 1 is 1.30 bits per heavy atom. The number of nitrogens with zero attached hydrogens (tertiary/aromatic N) is 3. The van der Waals surface area contributed by atoms with Gasteiger partial charge in [0.1, 0.15) is 17.3 Å². The minimum atomic E-state index is -0.254. The predicted octanol–water partition coefficient (Wildman–Crippen LogP) is 3.00. The molecule has 20 heavy (non-hydrogen) atoms. The highest BCUT2D eigenvalue weighted by Gasteiger charge is 2.17. The van der Waals surface area contributed by atoms with E-state index in [2.05, 4.69) is 15.0 Å². The molecule has 0 atom stereocenters. The summed E-state index contributed by atoms with van der Waals surface area (Å²) in [6.07, 6.45) is 10.2. The molecule has 98 valence electrons. The van der Waals surface area contributed by atoms with Crippen LogP contribution in [0.5, 0.6) is 0 Å². The summed E-state index contributed by atoms with van der Waals surface area (Å²) in [6.45, 7) is 0.608. The Morgan fingerprint density at radius 3 is 3.20 bits per heavy atom. The number of H-pyrrole nitrogens is 1. The third-order valence-corrected chi connectivity index (χ3v) is 3.38. The molecule has 4 nitrogen and oxygen atoms in total. The summed E-state index contributed by atoms with van der Waals surface area (Å²) >= 11 is 0. The van der Waals surface area contributed by atoms with Crippen molar-refractivity contribution >= 4 is 22.6 Å². The van der Waals surface area contributed by atoms with Gasteiger partial charge in [0.25, 0.3) is 0 Å². The molecular formula is C15H11FN4. The van der Waals surface area contributed by atoms with Gasteiger partial charge in [-0.05, 0) is 30.4 Å². The van der Waals surface area contributed by atoms with Crippen LogP contribution in [0.3, 0.4) is 0 Å². The number of pyridine rings is 1. The van der Waals surface area contributed by atoms with Gasteiger partial charge in [-0.1, -0.05) is 0 Å². The first kappa shape index (κ1) is 11.2. The van der Waals surface area contributed by atoms with Crippen molar-refractivity contribution < 1.29 is 4.39 Å². The Morgan fingerprint density at radius 2 is 2.25 bits per heavy atom. The maximum atomic E-state index is 13.2. The molecular weight excluding hydrogens is 255 g/mol. The van der Waals surface area contributed by atoms with E-state index < -0.39 is 0 Å². The molecule has 0 saturated carbocycles. The summed E-state index contributed by atoms with van der Waals surface area (Å²) in [5, 5.41) is 1.05. The van der Waals surface area contributed by atoms with Crippen molar-refractivity contribution in [3.63, 3.8) is 0 Å².